The molecule has 2 atom stereocenters. The van der Waals surface area contributed by atoms with Crippen molar-refractivity contribution in [2.75, 3.05) is 0 Å². The normalized spacial score (nSPS) is 13.3. The summed E-state index contributed by atoms with van der Waals surface area (Å²) >= 11 is 0. The van der Waals surface area contributed by atoms with Crippen LogP contribution in [0.15, 0.2) is 52.8 Å². The van der Waals surface area contributed by atoms with Crippen LogP contribution in [-0.2, 0) is 4.79 Å². The van der Waals surface area contributed by atoms with Crippen LogP contribution in [0, 0.1) is 16.7 Å². The van der Waals surface area contributed by atoms with Crippen molar-refractivity contribution in [3.8, 4) is 17.2 Å². The first-order valence-electron chi connectivity index (χ1n) is 10.5. The molecular formula is C24H25N7O3. The maximum atomic E-state index is 12.1. The second kappa shape index (κ2) is 10.3. The lowest BCUT2D eigenvalue weighted by Crippen LogP contribution is -2.33. The van der Waals surface area contributed by atoms with Crippen LogP contribution in [-0.4, -0.2) is 34.0 Å². The number of aromatic nitrogens is 2. The number of primary amides is 2. The summed E-state index contributed by atoms with van der Waals surface area (Å²) < 4.78 is 5.47. The first-order chi connectivity index (χ1) is 16.3. The Morgan fingerprint density at radius 3 is 2.53 bits per heavy atom. The Balaban J connectivity index is 1.96. The molecule has 3 rings (SSSR count). The highest BCUT2D eigenvalue weighted by atomic mass is 16.3. The molecule has 0 saturated heterocycles. The van der Waals surface area contributed by atoms with Gasteiger partial charge in [0.1, 0.15) is 6.26 Å². The highest BCUT2D eigenvalue weighted by Gasteiger charge is 2.26. The fraction of sp³-hybridized carbons (Fsp3) is 0.208. The molecule has 0 unspecified atom stereocenters. The Hall–Kier alpha value is -4.65. The molecule has 0 aliphatic carbocycles. The van der Waals surface area contributed by atoms with Gasteiger partial charge in [-0.3, -0.25) is 9.59 Å². The summed E-state index contributed by atoms with van der Waals surface area (Å²) in [5, 5.41) is 20.0. The maximum Gasteiger partial charge on any atom is 0.270 e. The van der Waals surface area contributed by atoms with Crippen molar-refractivity contribution in [3.63, 3.8) is 0 Å². The third-order valence-corrected chi connectivity index (χ3v) is 5.49. The first kappa shape index (κ1) is 24.0. The Morgan fingerprint density at radius 1 is 1.29 bits per heavy atom. The van der Waals surface area contributed by atoms with E-state index in [9.17, 15) is 9.59 Å². The average Bonchev–Trinajstić information content (AvgIpc) is 3.50. The summed E-state index contributed by atoms with van der Waals surface area (Å²) in [6.45, 7) is 3.80. The molecule has 0 aliphatic heterocycles. The van der Waals surface area contributed by atoms with E-state index in [1.165, 1.54) is 6.26 Å². The molecule has 0 spiro atoms. The number of carbonyl (C=O) groups is 2. The lowest BCUT2D eigenvalue weighted by Gasteiger charge is -2.24. The summed E-state index contributed by atoms with van der Waals surface area (Å²) in [5.41, 5.74) is 14.0. The number of nitrogens with two attached hydrogens (primary N) is 2. The fourth-order valence-corrected chi connectivity index (χ4v) is 3.65. The van der Waals surface area contributed by atoms with Gasteiger partial charge in [0.15, 0.2) is 11.6 Å². The van der Waals surface area contributed by atoms with Gasteiger partial charge in [0.25, 0.3) is 11.8 Å². The zero-order chi connectivity index (χ0) is 24.8. The molecule has 0 bridgehead atoms. The van der Waals surface area contributed by atoms with Crippen LogP contribution < -0.4 is 16.8 Å². The molecule has 34 heavy (non-hydrogen) atoms. The van der Waals surface area contributed by atoms with Gasteiger partial charge < -0.3 is 31.6 Å². The minimum atomic E-state index is -0.764. The van der Waals surface area contributed by atoms with Gasteiger partial charge in [-0.2, -0.15) is 5.26 Å². The Labute approximate surface area is 196 Å². The topological polar surface area (TPSA) is 188 Å². The lowest BCUT2D eigenvalue weighted by molar-refractivity contribution is -0.114. The van der Waals surface area contributed by atoms with E-state index in [1.54, 1.807) is 18.3 Å². The smallest absolute Gasteiger partial charge is 0.270 e. The third-order valence-electron chi connectivity index (χ3n) is 5.49. The number of nitriles is 1. The summed E-state index contributed by atoms with van der Waals surface area (Å²) in [5.74, 6) is -1.39. The minimum absolute atomic E-state index is 0.0137. The van der Waals surface area contributed by atoms with Crippen LogP contribution in [0.1, 0.15) is 53.8 Å². The molecule has 2 heterocycles. The van der Waals surface area contributed by atoms with E-state index in [4.69, 9.17) is 26.6 Å². The van der Waals surface area contributed by atoms with E-state index < -0.39 is 11.8 Å². The monoisotopic (exact) mass is 459 g/mol. The van der Waals surface area contributed by atoms with Crippen molar-refractivity contribution in [3.05, 3.63) is 71.2 Å². The lowest BCUT2D eigenvalue weighted by atomic mass is 9.97. The predicted octanol–water partition coefficient (Wildman–Crippen LogP) is 2.66. The van der Waals surface area contributed by atoms with Crippen LogP contribution in [0.3, 0.4) is 0 Å². The summed E-state index contributed by atoms with van der Waals surface area (Å²) in [4.78, 5) is 30.8. The zero-order valence-electron chi connectivity index (χ0n) is 18.8. The van der Waals surface area contributed by atoms with Crippen molar-refractivity contribution in [1.82, 2.24) is 15.3 Å². The van der Waals surface area contributed by atoms with Crippen molar-refractivity contribution in [1.29, 1.82) is 10.7 Å². The van der Waals surface area contributed by atoms with Gasteiger partial charge in [0, 0.05) is 18.5 Å². The molecule has 10 nitrogen and oxygen atoms in total. The highest BCUT2D eigenvalue weighted by molar-refractivity contribution is 6.16. The Bertz CT molecular complexity index is 1280. The minimum Gasteiger partial charge on any atom is -0.448 e. The molecule has 0 fully saturated rings. The van der Waals surface area contributed by atoms with Gasteiger partial charge in [0.05, 0.1) is 34.5 Å². The number of carbonyl (C=O) groups excluding carboxylic acids is 2. The van der Waals surface area contributed by atoms with Gasteiger partial charge in [-0.25, -0.2) is 4.98 Å². The number of H-pyrrole nitrogens is 1. The predicted molar refractivity (Wildman–Crippen MR) is 126 cm³/mol. The number of amides is 2. The van der Waals surface area contributed by atoms with Crippen LogP contribution in [0.25, 0.3) is 16.8 Å². The van der Waals surface area contributed by atoms with Crippen LogP contribution in [0.5, 0.6) is 0 Å². The van der Waals surface area contributed by atoms with Gasteiger partial charge >= 0.3 is 0 Å². The maximum absolute atomic E-state index is 12.1. The quantitative estimate of drug-likeness (QED) is 0.229. The number of nitrogens with one attached hydrogen (secondary N) is 3. The van der Waals surface area contributed by atoms with E-state index in [0.29, 0.717) is 29.3 Å². The largest absolute Gasteiger partial charge is 0.448 e. The molecular weight excluding hydrogens is 434 g/mol. The summed E-state index contributed by atoms with van der Waals surface area (Å²) in [6.07, 6.45) is 4.48. The van der Waals surface area contributed by atoms with Crippen molar-refractivity contribution in [2.45, 2.75) is 32.2 Å². The molecule has 2 aromatic heterocycles. The second-order valence-corrected chi connectivity index (χ2v) is 7.67. The molecule has 0 aliphatic rings. The van der Waals surface area contributed by atoms with E-state index >= 15 is 0 Å². The van der Waals surface area contributed by atoms with E-state index in [-0.39, 0.29) is 23.2 Å². The Kier molecular flexibility index (Phi) is 7.28. The van der Waals surface area contributed by atoms with Crippen LogP contribution in [0.2, 0.25) is 0 Å². The molecule has 1 aromatic carbocycles. The number of nitrogens with zero attached hydrogens (tertiary/aromatic N) is 2. The van der Waals surface area contributed by atoms with Crippen molar-refractivity contribution < 1.29 is 14.0 Å². The van der Waals surface area contributed by atoms with Gasteiger partial charge in [-0.05, 0) is 42.7 Å². The summed E-state index contributed by atoms with van der Waals surface area (Å²) in [7, 11) is 0. The van der Waals surface area contributed by atoms with Crippen LogP contribution >= 0.6 is 0 Å². The molecule has 0 radical (unpaired) electrons. The number of hydrogen-bond acceptors (Lipinski definition) is 7. The average molecular weight is 460 g/mol. The van der Waals surface area contributed by atoms with Gasteiger partial charge in [0.2, 0.25) is 0 Å². The number of oxazole rings is 1. The molecule has 3 aromatic rings. The SMILES string of the molecule is CC[C@@H](c1nc(C(N)=O)co1)[C@@H](C)N/C(=C(/C=N)C(N)=O)c1cc(-c2ccc(C#N)cc2)c[nH]1. The van der Waals surface area contributed by atoms with Crippen LogP contribution in [0.4, 0.5) is 0 Å². The standard InChI is InChI=1S/C24H25N7O3/c1-3-17(24-31-20(12-34-24)23(28)33)13(2)30-21(18(10-26)22(27)32)19-8-16(11-29-19)15-6-4-14(9-25)5-7-15/h4-8,10-13,17,26,29-30H,3H2,1-2H3,(H2,27,32)(H2,28,33)/b21-18-,26-10?/t13-,17-/m1/s1. The third kappa shape index (κ3) is 5.05. The van der Waals surface area contributed by atoms with E-state index in [1.807, 2.05) is 32.0 Å². The number of hydrogen-bond donors (Lipinski definition) is 5. The fourth-order valence-electron chi connectivity index (χ4n) is 3.65. The van der Waals surface area contributed by atoms with E-state index in [2.05, 4.69) is 21.4 Å². The molecule has 0 saturated carbocycles. The summed E-state index contributed by atoms with van der Waals surface area (Å²) in [6, 6.07) is 10.7. The number of rotatable bonds is 10. The van der Waals surface area contributed by atoms with Crippen molar-refractivity contribution >= 4 is 23.7 Å². The molecule has 7 N–H and O–H groups in total. The first-order valence-corrected chi connectivity index (χ1v) is 10.5. The molecule has 174 valence electrons. The van der Waals surface area contributed by atoms with Gasteiger partial charge in [-0.15, -0.1) is 0 Å². The Morgan fingerprint density at radius 2 is 2.00 bits per heavy atom. The van der Waals surface area contributed by atoms with E-state index in [0.717, 1.165) is 17.3 Å². The number of benzene rings is 1. The second-order valence-electron chi connectivity index (χ2n) is 7.67. The number of aromatic amines is 1. The highest BCUT2D eigenvalue weighted by Crippen LogP contribution is 2.28. The van der Waals surface area contributed by atoms with Gasteiger partial charge in [-0.1, -0.05) is 19.1 Å². The molecule has 10 heteroatoms. The zero-order valence-corrected chi connectivity index (χ0v) is 18.8. The molecule has 2 amide bonds. The van der Waals surface area contributed by atoms with Crippen molar-refractivity contribution in [2.24, 2.45) is 11.5 Å².